The van der Waals surface area contributed by atoms with Crippen LogP contribution in [0.3, 0.4) is 0 Å². The summed E-state index contributed by atoms with van der Waals surface area (Å²) in [5, 5.41) is 0. The highest BCUT2D eigenvalue weighted by molar-refractivity contribution is 7.89. The van der Waals surface area contributed by atoms with E-state index in [0.717, 1.165) is 16.7 Å². The van der Waals surface area contributed by atoms with Crippen LogP contribution in [0.4, 0.5) is 0 Å². The lowest BCUT2D eigenvalue weighted by Crippen LogP contribution is -2.33. The SMILES string of the molecule is Cc1cc(C)c(S(=O)(=O)NCC(C)(C)C)c(C)c1. The van der Waals surface area contributed by atoms with Gasteiger partial charge in [-0.3, -0.25) is 0 Å². The van der Waals surface area contributed by atoms with Gasteiger partial charge in [-0.15, -0.1) is 0 Å². The van der Waals surface area contributed by atoms with Crippen LogP contribution in [0.2, 0.25) is 0 Å². The molecule has 1 aromatic carbocycles. The normalized spacial score (nSPS) is 12.8. The number of nitrogens with one attached hydrogen (secondary N) is 1. The highest BCUT2D eigenvalue weighted by Crippen LogP contribution is 2.22. The third-order valence-electron chi connectivity index (χ3n) is 2.67. The van der Waals surface area contributed by atoms with Crippen molar-refractivity contribution < 1.29 is 8.42 Å². The topological polar surface area (TPSA) is 46.2 Å². The number of sulfonamides is 1. The number of hydrogen-bond donors (Lipinski definition) is 1. The molecule has 0 aromatic heterocycles. The molecule has 0 saturated carbocycles. The predicted octanol–water partition coefficient (Wildman–Crippen LogP) is 2.94. The number of hydrogen-bond acceptors (Lipinski definition) is 2. The fraction of sp³-hybridized carbons (Fsp3) is 0.571. The standard InChI is InChI=1S/C14H23NO2S/c1-10-7-11(2)13(12(3)8-10)18(16,17)15-9-14(4,5)6/h7-8,15H,9H2,1-6H3. The van der Waals surface area contributed by atoms with E-state index in [1.54, 1.807) is 0 Å². The van der Waals surface area contributed by atoms with E-state index < -0.39 is 10.0 Å². The minimum absolute atomic E-state index is 0.0699. The maximum absolute atomic E-state index is 12.3. The Morgan fingerprint density at radius 1 is 1.06 bits per heavy atom. The highest BCUT2D eigenvalue weighted by atomic mass is 32.2. The molecule has 0 aliphatic carbocycles. The molecule has 3 nitrogen and oxygen atoms in total. The van der Waals surface area contributed by atoms with Crippen LogP contribution >= 0.6 is 0 Å². The Morgan fingerprint density at radius 3 is 1.89 bits per heavy atom. The van der Waals surface area contributed by atoms with Gasteiger partial charge >= 0.3 is 0 Å². The Bertz CT molecular complexity index is 516. The van der Waals surface area contributed by atoms with Crippen LogP contribution in [0.25, 0.3) is 0 Å². The van der Waals surface area contributed by atoms with Crippen LogP contribution in [-0.2, 0) is 10.0 Å². The molecule has 102 valence electrons. The maximum atomic E-state index is 12.3. The molecule has 1 aromatic rings. The van der Waals surface area contributed by atoms with E-state index in [1.165, 1.54) is 0 Å². The van der Waals surface area contributed by atoms with Gasteiger partial charge in [-0.25, -0.2) is 13.1 Å². The van der Waals surface area contributed by atoms with Gasteiger partial charge in [-0.2, -0.15) is 0 Å². The molecule has 0 amide bonds. The first kappa shape index (κ1) is 15.2. The molecule has 0 spiro atoms. The second kappa shape index (κ2) is 5.02. The van der Waals surface area contributed by atoms with Crippen molar-refractivity contribution in [3.63, 3.8) is 0 Å². The largest absolute Gasteiger partial charge is 0.241 e. The second-order valence-corrected chi connectivity index (χ2v) is 7.82. The fourth-order valence-corrected chi connectivity index (χ4v) is 3.71. The van der Waals surface area contributed by atoms with Crippen molar-refractivity contribution in [3.05, 3.63) is 28.8 Å². The van der Waals surface area contributed by atoms with E-state index in [4.69, 9.17) is 0 Å². The summed E-state index contributed by atoms with van der Waals surface area (Å²) < 4.78 is 27.3. The molecular weight excluding hydrogens is 246 g/mol. The van der Waals surface area contributed by atoms with Crippen molar-refractivity contribution in [1.29, 1.82) is 0 Å². The molecule has 0 aliphatic heterocycles. The maximum Gasteiger partial charge on any atom is 0.241 e. The molecular formula is C14H23NO2S. The summed E-state index contributed by atoms with van der Waals surface area (Å²) in [5.41, 5.74) is 2.61. The molecule has 1 N–H and O–H groups in total. The first-order valence-electron chi connectivity index (χ1n) is 6.10. The molecule has 18 heavy (non-hydrogen) atoms. The van der Waals surface area contributed by atoms with Crippen molar-refractivity contribution >= 4 is 10.0 Å². The summed E-state index contributed by atoms with van der Waals surface area (Å²) >= 11 is 0. The Hall–Kier alpha value is -0.870. The zero-order valence-electron chi connectivity index (χ0n) is 12.1. The molecule has 0 heterocycles. The van der Waals surface area contributed by atoms with Gasteiger partial charge in [0.1, 0.15) is 0 Å². The smallest absolute Gasteiger partial charge is 0.211 e. The number of aryl methyl sites for hydroxylation is 3. The fourth-order valence-electron chi connectivity index (χ4n) is 1.97. The van der Waals surface area contributed by atoms with Gasteiger partial charge in [0.05, 0.1) is 4.90 Å². The zero-order chi connectivity index (χ0) is 14.1. The summed E-state index contributed by atoms with van der Waals surface area (Å²) in [4.78, 5) is 0.414. The Morgan fingerprint density at radius 2 is 1.50 bits per heavy atom. The van der Waals surface area contributed by atoms with Gasteiger partial charge in [0.15, 0.2) is 0 Å². The van der Waals surface area contributed by atoms with E-state index in [0.29, 0.717) is 11.4 Å². The van der Waals surface area contributed by atoms with Crippen molar-refractivity contribution in [2.45, 2.75) is 46.4 Å². The monoisotopic (exact) mass is 269 g/mol. The lowest BCUT2D eigenvalue weighted by Gasteiger charge is -2.20. The third kappa shape index (κ3) is 3.82. The second-order valence-electron chi connectivity index (χ2n) is 6.11. The van der Waals surface area contributed by atoms with Gasteiger partial charge in [-0.1, -0.05) is 38.5 Å². The first-order chi connectivity index (χ1) is 8.03. The number of benzene rings is 1. The Balaban J connectivity index is 3.14. The molecule has 0 aliphatic rings. The summed E-state index contributed by atoms with van der Waals surface area (Å²) in [5.74, 6) is 0. The van der Waals surface area contributed by atoms with Crippen LogP contribution in [0.15, 0.2) is 17.0 Å². The van der Waals surface area contributed by atoms with Crippen LogP contribution in [0.1, 0.15) is 37.5 Å². The van der Waals surface area contributed by atoms with E-state index >= 15 is 0 Å². The average molecular weight is 269 g/mol. The van der Waals surface area contributed by atoms with Gasteiger partial charge in [-0.05, 0) is 37.3 Å². The third-order valence-corrected chi connectivity index (χ3v) is 4.37. The molecule has 1 rings (SSSR count). The van der Waals surface area contributed by atoms with E-state index in [-0.39, 0.29) is 5.41 Å². The lowest BCUT2D eigenvalue weighted by atomic mass is 9.98. The van der Waals surface area contributed by atoms with Crippen molar-refractivity contribution in [3.8, 4) is 0 Å². The van der Waals surface area contributed by atoms with Crippen molar-refractivity contribution in [2.75, 3.05) is 6.54 Å². The first-order valence-corrected chi connectivity index (χ1v) is 7.59. The van der Waals surface area contributed by atoms with Gasteiger partial charge in [0.2, 0.25) is 10.0 Å². The highest BCUT2D eigenvalue weighted by Gasteiger charge is 2.22. The summed E-state index contributed by atoms with van der Waals surface area (Å²) in [6.45, 7) is 12.1. The van der Waals surface area contributed by atoms with Crippen molar-refractivity contribution in [1.82, 2.24) is 4.72 Å². The molecule has 0 bridgehead atoms. The van der Waals surface area contributed by atoms with Gasteiger partial charge in [0.25, 0.3) is 0 Å². The van der Waals surface area contributed by atoms with E-state index in [2.05, 4.69) is 4.72 Å². The zero-order valence-corrected chi connectivity index (χ0v) is 12.9. The molecule has 0 radical (unpaired) electrons. The molecule has 0 unspecified atom stereocenters. The lowest BCUT2D eigenvalue weighted by molar-refractivity contribution is 0.407. The van der Waals surface area contributed by atoms with Crippen LogP contribution in [0, 0.1) is 26.2 Å². The van der Waals surface area contributed by atoms with E-state index in [9.17, 15) is 8.42 Å². The average Bonchev–Trinajstić information content (AvgIpc) is 2.11. The Kier molecular flexibility index (Phi) is 4.23. The number of rotatable bonds is 3. The van der Waals surface area contributed by atoms with E-state index in [1.807, 2.05) is 53.7 Å². The summed E-state index contributed by atoms with van der Waals surface area (Å²) in [6, 6.07) is 3.80. The molecule has 0 saturated heterocycles. The molecule has 0 atom stereocenters. The predicted molar refractivity (Wildman–Crippen MR) is 75.3 cm³/mol. The van der Waals surface area contributed by atoms with Crippen LogP contribution in [0.5, 0.6) is 0 Å². The van der Waals surface area contributed by atoms with Crippen molar-refractivity contribution in [2.24, 2.45) is 5.41 Å². The van der Waals surface area contributed by atoms with Crippen LogP contribution in [-0.4, -0.2) is 15.0 Å². The summed E-state index contributed by atoms with van der Waals surface area (Å²) in [7, 11) is -3.42. The van der Waals surface area contributed by atoms with Crippen LogP contribution < -0.4 is 4.72 Å². The minimum atomic E-state index is -3.42. The molecule has 4 heteroatoms. The quantitative estimate of drug-likeness (QED) is 0.917. The minimum Gasteiger partial charge on any atom is -0.211 e. The Labute approximate surface area is 111 Å². The molecule has 0 fully saturated rings. The summed E-state index contributed by atoms with van der Waals surface area (Å²) in [6.07, 6.45) is 0. The van der Waals surface area contributed by atoms with Gasteiger partial charge in [0, 0.05) is 6.54 Å². The van der Waals surface area contributed by atoms with Gasteiger partial charge < -0.3 is 0 Å².